The van der Waals surface area contributed by atoms with Crippen LogP contribution in [0.5, 0.6) is 0 Å². The van der Waals surface area contributed by atoms with Crippen LogP contribution in [-0.2, 0) is 5.75 Å². The highest BCUT2D eigenvalue weighted by Crippen LogP contribution is 2.11. The van der Waals surface area contributed by atoms with Crippen molar-refractivity contribution in [3.63, 3.8) is 0 Å². The van der Waals surface area contributed by atoms with Crippen molar-refractivity contribution in [2.75, 3.05) is 13.1 Å². The molecule has 74 valence electrons. The maximum Gasteiger partial charge on any atom is 0.157 e. The lowest BCUT2D eigenvalue weighted by Gasteiger charge is -2.01. The lowest BCUT2D eigenvalue weighted by atomic mass is 10.4. The fraction of sp³-hybridized carbons (Fsp3) is 0.444. The van der Waals surface area contributed by atoms with Gasteiger partial charge in [0.25, 0.3) is 0 Å². The van der Waals surface area contributed by atoms with E-state index in [4.69, 9.17) is 0 Å². The van der Waals surface area contributed by atoms with Crippen LogP contribution in [0.1, 0.15) is 11.4 Å². The largest absolute Gasteiger partial charge is 0.363 e. The van der Waals surface area contributed by atoms with Gasteiger partial charge in [-0.3, -0.25) is 15.0 Å². The summed E-state index contributed by atoms with van der Waals surface area (Å²) in [6.07, 6.45) is 3.61. The molecule has 1 aromatic heterocycles. The molecule has 0 fully saturated rings. The van der Waals surface area contributed by atoms with E-state index in [-0.39, 0.29) is 0 Å². The first-order valence-corrected chi connectivity index (χ1v) is 5.52. The maximum atomic E-state index is 4.29. The van der Waals surface area contributed by atoms with Gasteiger partial charge in [-0.05, 0) is 6.92 Å². The van der Waals surface area contributed by atoms with Gasteiger partial charge in [0.15, 0.2) is 5.17 Å². The summed E-state index contributed by atoms with van der Waals surface area (Å²) in [6, 6.07) is 0. The minimum atomic E-state index is 0.832. The monoisotopic (exact) mass is 208 g/mol. The van der Waals surface area contributed by atoms with Crippen LogP contribution in [0.2, 0.25) is 0 Å². The van der Waals surface area contributed by atoms with Crippen molar-refractivity contribution in [2.45, 2.75) is 12.7 Å². The van der Waals surface area contributed by atoms with E-state index in [1.807, 2.05) is 13.1 Å². The van der Waals surface area contributed by atoms with E-state index in [9.17, 15) is 0 Å². The maximum absolute atomic E-state index is 4.29. The number of amidine groups is 1. The molecule has 0 aliphatic carbocycles. The zero-order chi connectivity index (χ0) is 9.80. The van der Waals surface area contributed by atoms with E-state index in [0.29, 0.717) is 0 Å². The predicted octanol–water partition coefficient (Wildman–Crippen LogP) is 0.977. The fourth-order valence-corrected chi connectivity index (χ4v) is 1.93. The highest BCUT2D eigenvalue weighted by molar-refractivity contribution is 8.13. The van der Waals surface area contributed by atoms with Crippen LogP contribution in [0, 0.1) is 6.92 Å². The molecule has 1 aliphatic rings. The highest BCUT2D eigenvalue weighted by Gasteiger charge is 2.05. The van der Waals surface area contributed by atoms with Crippen LogP contribution in [0.15, 0.2) is 17.4 Å². The minimum absolute atomic E-state index is 0.832. The molecule has 0 saturated heterocycles. The smallest absolute Gasteiger partial charge is 0.157 e. The Labute approximate surface area is 87.3 Å². The molecule has 1 aliphatic heterocycles. The van der Waals surface area contributed by atoms with Gasteiger partial charge in [0.1, 0.15) is 0 Å². The van der Waals surface area contributed by atoms with Crippen LogP contribution in [-0.4, -0.2) is 28.2 Å². The van der Waals surface area contributed by atoms with Crippen molar-refractivity contribution in [3.8, 4) is 0 Å². The number of aryl methyl sites for hydroxylation is 1. The Morgan fingerprint density at radius 3 is 3.00 bits per heavy atom. The van der Waals surface area contributed by atoms with Crippen LogP contribution < -0.4 is 5.32 Å². The molecule has 0 radical (unpaired) electrons. The quantitative estimate of drug-likeness (QED) is 0.787. The van der Waals surface area contributed by atoms with Crippen molar-refractivity contribution >= 4 is 16.9 Å². The number of aliphatic imine (C=N–C) groups is 1. The van der Waals surface area contributed by atoms with E-state index in [2.05, 4.69) is 20.3 Å². The summed E-state index contributed by atoms with van der Waals surface area (Å²) in [5.74, 6) is 0.832. The molecule has 0 bridgehead atoms. The molecule has 0 spiro atoms. The Kier molecular flexibility index (Phi) is 2.98. The SMILES string of the molecule is Cc1cnc(CSC2=NCCN2)cn1. The van der Waals surface area contributed by atoms with Crippen LogP contribution in [0.25, 0.3) is 0 Å². The predicted molar refractivity (Wildman–Crippen MR) is 58.4 cm³/mol. The van der Waals surface area contributed by atoms with E-state index < -0.39 is 0 Å². The number of nitrogens with one attached hydrogen (secondary N) is 1. The van der Waals surface area contributed by atoms with E-state index in [0.717, 1.165) is 35.4 Å². The number of thioether (sulfide) groups is 1. The zero-order valence-corrected chi connectivity index (χ0v) is 8.84. The lowest BCUT2D eigenvalue weighted by molar-refractivity contribution is 0.963. The second-order valence-electron chi connectivity index (χ2n) is 3.05. The molecule has 4 nitrogen and oxygen atoms in total. The summed E-state index contributed by atoms with van der Waals surface area (Å²) in [7, 11) is 0. The average molecular weight is 208 g/mol. The second-order valence-corrected chi connectivity index (χ2v) is 4.02. The third-order valence-electron chi connectivity index (χ3n) is 1.83. The Morgan fingerprint density at radius 1 is 1.43 bits per heavy atom. The normalized spacial score (nSPS) is 15.1. The van der Waals surface area contributed by atoms with Crippen molar-refractivity contribution in [1.82, 2.24) is 15.3 Å². The molecule has 0 aromatic carbocycles. The van der Waals surface area contributed by atoms with Crippen LogP contribution in [0.4, 0.5) is 0 Å². The Bertz CT molecular complexity index is 333. The Balaban J connectivity index is 1.88. The summed E-state index contributed by atoms with van der Waals surface area (Å²) in [6.45, 7) is 3.79. The number of nitrogens with zero attached hydrogens (tertiary/aromatic N) is 3. The van der Waals surface area contributed by atoms with E-state index >= 15 is 0 Å². The molecule has 2 heterocycles. The van der Waals surface area contributed by atoms with Crippen LogP contribution >= 0.6 is 11.8 Å². The number of hydrogen-bond donors (Lipinski definition) is 1. The van der Waals surface area contributed by atoms with Crippen molar-refractivity contribution < 1.29 is 0 Å². The average Bonchev–Trinajstić information content (AvgIpc) is 2.70. The molecule has 0 saturated carbocycles. The third-order valence-corrected chi connectivity index (χ3v) is 2.82. The van der Waals surface area contributed by atoms with Crippen molar-refractivity contribution in [2.24, 2.45) is 4.99 Å². The first kappa shape index (κ1) is 9.45. The molecule has 0 unspecified atom stereocenters. The van der Waals surface area contributed by atoms with Gasteiger partial charge in [-0.1, -0.05) is 11.8 Å². The zero-order valence-electron chi connectivity index (χ0n) is 8.03. The second kappa shape index (κ2) is 4.41. The Morgan fingerprint density at radius 2 is 2.36 bits per heavy atom. The molecule has 2 rings (SSSR count). The standard InChI is InChI=1S/C9H12N4S/c1-7-4-13-8(5-12-7)6-14-9-10-2-3-11-9/h4-5H,2-3,6H2,1H3,(H,10,11). The molecule has 1 aromatic rings. The van der Waals surface area contributed by atoms with Crippen molar-refractivity contribution in [3.05, 3.63) is 23.8 Å². The van der Waals surface area contributed by atoms with Gasteiger partial charge in [0.2, 0.25) is 0 Å². The molecular weight excluding hydrogens is 196 g/mol. The third kappa shape index (κ3) is 2.45. The highest BCUT2D eigenvalue weighted by atomic mass is 32.2. The molecular formula is C9H12N4S. The van der Waals surface area contributed by atoms with Gasteiger partial charge in [-0.25, -0.2) is 0 Å². The van der Waals surface area contributed by atoms with Gasteiger partial charge in [-0.2, -0.15) is 0 Å². The summed E-state index contributed by atoms with van der Waals surface area (Å²) in [5.41, 5.74) is 1.95. The topological polar surface area (TPSA) is 50.2 Å². The number of hydrogen-bond acceptors (Lipinski definition) is 5. The van der Waals surface area contributed by atoms with E-state index in [1.54, 1.807) is 18.0 Å². The summed E-state index contributed by atoms with van der Waals surface area (Å²) >= 11 is 1.68. The number of aromatic nitrogens is 2. The molecule has 0 amide bonds. The molecule has 14 heavy (non-hydrogen) atoms. The summed E-state index contributed by atoms with van der Waals surface area (Å²) < 4.78 is 0. The van der Waals surface area contributed by atoms with Crippen molar-refractivity contribution in [1.29, 1.82) is 0 Å². The first-order valence-electron chi connectivity index (χ1n) is 4.53. The van der Waals surface area contributed by atoms with Gasteiger partial charge in [0.05, 0.1) is 17.9 Å². The summed E-state index contributed by atoms with van der Waals surface area (Å²) in [4.78, 5) is 12.7. The molecule has 0 atom stereocenters. The van der Waals surface area contributed by atoms with Gasteiger partial charge in [0, 0.05) is 24.7 Å². The summed E-state index contributed by atoms with van der Waals surface area (Å²) in [5, 5.41) is 4.22. The molecule has 1 N–H and O–H groups in total. The van der Waals surface area contributed by atoms with Gasteiger partial charge in [-0.15, -0.1) is 0 Å². The fourth-order valence-electron chi connectivity index (χ4n) is 1.11. The minimum Gasteiger partial charge on any atom is -0.363 e. The number of rotatable bonds is 2. The van der Waals surface area contributed by atoms with E-state index in [1.165, 1.54) is 0 Å². The first-order chi connectivity index (χ1) is 6.84. The van der Waals surface area contributed by atoms with Gasteiger partial charge >= 0.3 is 0 Å². The molecule has 5 heteroatoms. The van der Waals surface area contributed by atoms with Gasteiger partial charge < -0.3 is 5.32 Å². The van der Waals surface area contributed by atoms with Crippen LogP contribution in [0.3, 0.4) is 0 Å². The Hall–Kier alpha value is -1.10. The lowest BCUT2D eigenvalue weighted by Crippen LogP contribution is -2.15.